The molecule has 0 radical (unpaired) electrons. The summed E-state index contributed by atoms with van der Waals surface area (Å²) in [6.45, 7) is 0.417. The Balaban J connectivity index is 3.13. The summed E-state index contributed by atoms with van der Waals surface area (Å²) in [6, 6.07) is 0. The summed E-state index contributed by atoms with van der Waals surface area (Å²) in [5.74, 6) is 0.473. The molecule has 14 heavy (non-hydrogen) atoms. The third-order valence-electron chi connectivity index (χ3n) is 1.72. The molecule has 6 nitrogen and oxygen atoms in total. The van der Waals surface area contributed by atoms with E-state index in [9.17, 15) is 8.42 Å². The highest BCUT2D eigenvalue weighted by Crippen LogP contribution is 2.05. The van der Waals surface area contributed by atoms with Gasteiger partial charge in [-0.1, -0.05) is 0 Å². The van der Waals surface area contributed by atoms with Crippen LogP contribution in [0.1, 0.15) is 5.82 Å². The summed E-state index contributed by atoms with van der Waals surface area (Å²) in [7, 11) is 1.27. The maximum atomic E-state index is 11.7. The van der Waals surface area contributed by atoms with Gasteiger partial charge in [-0.3, -0.25) is 0 Å². The first-order chi connectivity index (χ1) is 6.50. The van der Waals surface area contributed by atoms with Crippen LogP contribution in [0.5, 0.6) is 0 Å². The molecule has 0 aromatic carbocycles. The molecule has 0 saturated heterocycles. The standard InChI is InChI=1S/C7H14N4O2S/c1-8-6-7-9-4-5-11(7)14(12,13)10(2)3/h4-5,8H,6H2,1-3H3. The fourth-order valence-corrected chi connectivity index (χ4v) is 1.93. The Hall–Kier alpha value is -0.920. The van der Waals surface area contributed by atoms with Gasteiger partial charge >= 0.3 is 10.2 Å². The molecule has 0 amide bonds. The lowest BCUT2D eigenvalue weighted by Gasteiger charge is -2.13. The van der Waals surface area contributed by atoms with Gasteiger partial charge in [0.05, 0.1) is 6.54 Å². The van der Waals surface area contributed by atoms with Gasteiger partial charge in [0, 0.05) is 26.5 Å². The molecule has 0 bridgehead atoms. The number of hydrogen-bond donors (Lipinski definition) is 1. The van der Waals surface area contributed by atoms with Crippen molar-refractivity contribution in [1.29, 1.82) is 0 Å². The summed E-state index contributed by atoms with van der Waals surface area (Å²) < 4.78 is 25.7. The minimum absolute atomic E-state index is 0.417. The molecule has 1 aromatic heterocycles. The van der Waals surface area contributed by atoms with Gasteiger partial charge in [-0.15, -0.1) is 0 Å². The van der Waals surface area contributed by atoms with E-state index in [1.54, 1.807) is 7.05 Å². The predicted molar refractivity (Wildman–Crippen MR) is 53.0 cm³/mol. The molecule has 0 saturated carbocycles. The maximum absolute atomic E-state index is 11.7. The van der Waals surface area contributed by atoms with Crippen LogP contribution in [0.15, 0.2) is 12.4 Å². The highest BCUT2D eigenvalue weighted by atomic mass is 32.2. The number of imidazole rings is 1. The lowest BCUT2D eigenvalue weighted by Crippen LogP contribution is -2.30. The first-order valence-electron chi connectivity index (χ1n) is 4.10. The van der Waals surface area contributed by atoms with Crippen molar-refractivity contribution < 1.29 is 8.42 Å². The van der Waals surface area contributed by atoms with E-state index in [2.05, 4.69) is 10.3 Å². The van der Waals surface area contributed by atoms with E-state index >= 15 is 0 Å². The van der Waals surface area contributed by atoms with Crippen molar-refractivity contribution in [3.05, 3.63) is 18.2 Å². The molecule has 0 aliphatic rings. The van der Waals surface area contributed by atoms with Gasteiger partial charge in [0.2, 0.25) is 0 Å². The van der Waals surface area contributed by atoms with Gasteiger partial charge in [0.25, 0.3) is 0 Å². The van der Waals surface area contributed by atoms with Crippen LogP contribution in [0.4, 0.5) is 0 Å². The summed E-state index contributed by atoms with van der Waals surface area (Å²) in [5.41, 5.74) is 0. The summed E-state index contributed by atoms with van der Waals surface area (Å²) in [6.07, 6.45) is 2.90. The SMILES string of the molecule is CNCc1nccn1S(=O)(=O)N(C)C. The van der Waals surface area contributed by atoms with Gasteiger partial charge in [0.15, 0.2) is 0 Å². The molecule has 80 valence electrons. The number of nitrogens with one attached hydrogen (secondary N) is 1. The fraction of sp³-hybridized carbons (Fsp3) is 0.571. The minimum Gasteiger partial charge on any atom is -0.313 e. The van der Waals surface area contributed by atoms with Gasteiger partial charge < -0.3 is 5.32 Å². The molecule has 1 N–H and O–H groups in total. The average molecular weight is 218 g/mol. The van der Waals surface area contributed by atoms with Crippen LogP contribution in [0.2, 0.25) is 0 Å². The van der Waals surface area contributed by atoms with Crippen molar-refractivity contribution in [3.63, 3.8) is 0 Å². The zero-order chi connectivity index (χ0) is 10.8. The molecule has 0 unspecified atom stereocenters. The van der Waals surface area contributed by atoms with E-state index in [4.69, 9.17) is 0 Å². The molecule has 0 spiro atoms. The highest BCUT2D eigenvalue weighted by Gasteiger charge is 2.18. The second-order valence-corrected chi connectivity index (χ2v) is 4.98. The van der Waals surface area contributed by atoms with E-state index in [-0.39, 0.29) is 0 Å². The molecule has 0 aliphatic heterocycles. The van der Waals surface area contributed by atoms with E-state index in [0.29, 0.717) is 12.4 Å². The van der Waals surface area contributed by atoms with Gasteiger partial charge in [-0.05, 0) is 7.05 Å². The van der Waals surface area contributed by atoms with Crippen molar-refractivity contribution in [2.24, 2.45) is 0 Å². The lowest BCUT2D eigenvalue weighted by molar-refractivity contribution is 0.507. The van der Waals surface area contributed by atoms with Crippen molar-refractivity contribution in [1.82, 2.24) is 18.6 Å². The van der Waals surface area contributed by atoms with Gasteiger partial charge in [0.1, 0.15) is 5.82 Å². The van der Waals surface area contributed by atoms with Crippen LogP contribution in [-0.2, 0) is 16.8 Å². The third-order valence-corrected chi connectivity index (χ3v) is 3.48. The molecule has 0 aliphatic carbocycles. The van der Waals surface area contributed by atoms with E-state index < -0.39 is 10.2 Å². The molecule has 1 rings (SSSR count). The van der Waals surface area contributed by atoms with Crippen molar-refractivity contribution >= 4 is 10.2 Å². The quantitative estimate of drug-likeness (QED) is 0.722. The number of rotatable bonds is 4. The van der Waals surface area contributed by atoms with Crippen LogP contribution in [0.3, 0.4) is 0 Å². The van der Waals surface area contributed by atoms with E-state index in [1.165, 1.54) is 26.5 Å². The van der Waals surface area contributed by atoms with Crippen molar-refractivity contribution in [2.75, 3.05) is 21.1 Å². The minimum atomic E-state index is -3.44. The zero-order valence-corrected chi connectivity index (χ0v) is 9.24. The number of nitrogens with zero attached hydrogens (tertiary/aromatic N) is 3. The highest BCUT2D eigenvalue weighted by molar-refractivity contribution is 7.87. The van der Waals surface area contributed by atoms with E-state index in [0.717, 1.165) is 8.28 Å². The third kappa shape index (κ3) is 1.94. The molecular weight excluding hydrogens is 204 g/mol. The monoisotopic (exact) mass is 218 g/mol. The molecule has 7 heteroatoms. The number of aromatic nitrogens is 2. The Kier molecular flexibility index (Phi) is 3.25. The average Bonchev–Trinajstić information content (AvgIpc) is 2.53. The fourth-order valence-electron chi connectivity index (χ4n) is 0.991. The van der Waals surface area contributed by atoms with Gasteiger partial charge in [-0.25, -0.2) is 8.96 Å². The lowest BCUT2D eigenvalue weighted by atomic mass is 10.6. The smallest absolute Gasteiger partial charge is 0.308 e. The van der Waals surface area contributed by atoms with Crippen LogP contribution in [0.25, 0.3) is 0 Å². The Morgan fingerprint density at radius 3 is 2.71 bits per heavy atom. The first kappa shape index (κ1) is 11.2. The second kappa shape index (κ2) is 4.07. The molecule has 1 aromatic rings. The van der Waals surface area contributed by atoms with E-state index in [1.807, 2.05) is 0 Å². The molecule has 0 fully saturated rings. The summed E-state index contributed by atoms with van der Waals surface area (Å²) in [4.78, 5) is 3.95. The number of hydrogen-bond acceptors (Lipinski definition) is 4. The Labute approximate surface area is 83.7 Å². The topological polar surface area (TPSA) is 67.2 Å². The summed E-state index contributed by atoms with van der Waals surface area (Å²) >= 11 is 0. The van der Waals surface area contributed by atoms with Crippen molar-refractivity contribution in [2.45, 2.75) is 6.54 Å². The van der Waals surface area contributed by atoms with Crippen LogP contribution < -0.4 is 5.32 Å². The normalized spacial score (nSPS) is 12.3. The Morgan fingerprint density at radius 2 is 2.21 bits per heavy atom. The second-order valence-electron chi connectivity index (χ2n) is 2.96. The molecule has 1 heterocycles. The molecule has 0 atom stereocenters. The predicted octanol–water partition coefficient (Wildman–Crippen LogP) is -0.743. The van der Waals surface area contributed by atoms with Gasteiger partial charge in [-0.2, -0.15) is 12.7 Å². The Bertz CT molecular complexity index is 396. The van der Waals surface area contributed by atoms with Crippen LogP contribution >= 0.6 is 0 Å². The Morgan fingerprint density at radius 1 is 1.57 bits per heavy atom. The summed E-state index contributed by atoms with van der Waals surface area (Å²) in [5, 5.41) is 2.86. The maximum Gasteiger partial charge on any atom is 0.308 e. The largest absolute Gasteiger partial charge is 0.313 e. The molecular formula is C7H14N4O2S. The van der Waals surface area contributed by atoms with Crippen LogP contribution in [0, 0.1) is 0 Å². The van der Waals surface area contributed by atoms with Crippen LogP contribution in [-0.4, -0.2) is 42.8 Å². The first-order valence-corrected chi connectivity index (χ1v) is 5.49. The zero-order valence-electron chi connectivity index (χ0n) is 8.43. The van der Waals surface area contributed by atoms with Crippen molar-refractivity contribution in [3.8, 4) is 0 Å².